The molecular weight excluding hydrogens is 246 g/mol. The zero-order valence-electron chi connectivity index (χ0n) is 11.4. The minimum Gasteiger partial charge on any atom is -0.496 e. The number of carboxylic acids is 1. The van der Waals surface area contributed by atoms with Gasteiger partial charge in [-0.2, -0.15) is 0 Å². The number of rotatable bonds is 4. The van der Waals surface area contributed by atoms with E-state index < -0.39 is 5.97 Å². The Morgan fingerprint density at radius 3 is 2.53 bits per heavy atom. The highest BCUT2D eigenvalue weighted by Gasteiger charge is 2.32. The number of hydrogen-bond donors (Lipinski definition) is 2. The van der Waals surface area contributed by atoms with E-state index in [0.29, 0.717) is 13.0 Å². The highest BCUT2D eigenvalue weighted by molar-refractivity contribution is 5.71. The molecule has 104 valence electrons. The number of nitrogens with one attached hydrogen (secondary N) is 1. The first-order valence-corrected chi connectivity index (χ1v) is 6.25. The normalized spacial score (nSPS) is 22.3. The average molecular weight is 265 g/mol. The van der Waals surface area contributed by atoms with E-state index in [1.54, 1.807) is 14.2 Å². The second-order valence-electron chi connectivity index (χ2n) is 4.80. The Kier molecular flexibility index (Phi) is 3.95. The van der Waals surface area contributed by atoms with Crippen molar-refractivity contribution in [1.29, 1.82) is 0 Å². The number of ether oxygens (including phenoxy) is 2. The van der Waals surface area contributed by atoms with Gasteiger partial charge in [0.2, 0.25) is 0 Å². The van der Waals surface area contributed by atoms with Crippen molar-refractivity contribution in [3.8, 4) is 11.5 Å². The van der Waals surface area contributed by atoms with Gasteiger partial charge in [0.05, 0.1) is 20.1 Å². The van der Waals surface area contributed by atoms with Crippen LogP contribution in [0.4, 0.5) is 0 Å². The van der Waals surface area contributed by atoms with Gasteiger partial charge in [0, 0.05) is 24.2 Å². The molecule has 0 saturated carbocycles. The molecule has 2 atom stereocenters. The predicted molar refractivity (Wildman–Crippen MR) is 70.8 cm³/mol. The van der Waals surface area contributed by atoms with Crippen LogP contribution in [-0.4, -0.2) is 31.8 Å². The van der Waals surface area contributed by atoms with Crippen molar-refractivity contribution in [2.45, 2.75) is 19.4 Å². The van der Waals surface area contributed by atoms with E-state index in [1.807, 2.05) is 19.1 Å². The van der Waals surface area contributed by atoms with Crippen molar-refractivity contribution in [2.24, 2.45) is 5.92 Å². The van der Waals surface area contributed by atoms with Gasteiger partial charge in [-0.1, -0.05) is 0 Å². The van der Waals surface area contributed by atoms with E-state index in [-0.39, 0.29) is 12.0 Å². The Morgan fingerprint density at radius 1 is 1.32 bits per heavy atom. The fourth-order valence-electron chi connectivity index (χ4n) is 2.52. The van der Waals surface area contributed by atoms with Crippen molar-refractivity contribution < 1.29 is 19.4 Å². The lowest BCUT2D eigenvalue weighted by Gasteiger charge is -2.17. The molecule has 2 rings (SSSR count). The molecule has 0 spiro atoms. The van der Waals surface area contributed by atoms with Crippen molar-refractivity contribution in [2.75, 3.05) is 20.8 Å². The van der Waals surface area contributed by atoms with E-state index in [1.165, 1.54) is 0 Å². The van der Waals surface area contributed by atoms with Gasteiger partial charge < -0.3 is 19.9 Å². The molecule has 0 aliphatic carbocycles. The molecule has 2 unspecified atom stereocenters. The zero-order chi connectivity index (χ0) is 14.0. The fraction of sp³-hybridized carbons (Fsp3) is 0.500. The summed E-state index contributed by atoms with van der Waals surface area (Å²) in [5.74, 6) is 0.413. The Bertz CT molecular complexity index is 487. The molecule has 5 nitrogen and oxygen atoms in total. The van der Waals surface area contributed by atoms with Crippen molar-refractivity contribution in [3.05, 3.63) is 23.3 Å². The molecule has 1 aromatic rings. The molecule has 1 fully saturated rings. The summed E-state index contributed by atoms with van der Waals surface area (Å²) >= 11 is 0. The molecule has 2 N–H and O–H groups in total. The number of aliphatic carboxylic acids is 1. The molecule has 1 aliphatic rings. The molecule has 0 aromatic heterocycles. The highest BCUT2D eigenvalue weighted by Crippen LogP contribution is 2.37. The fourth-order valence-corrected chi connectivity index (χ4v) is 2.52. The Morgan fingerprint density at radius 2 is 2.00 bits per heavy atom. The van der Waals surface area contributed by atoms with Crippen LogP contribution in [-0.2, 0) is 4.79 Å². The summed E-state index contributed by atoms with van der Waals surface area (Å²) in [6.07, 6.45) is 0.581. The molecular formula is C14H19NO4. The topological polar surface area (TPSA) is 67.8 Å². The first kappa shape index (κ1) is 13.7. The Hall–Kier alpha value is -1.75. The largest absolute Gasteiger partial charge is 0.496 e. The summed E-state index contributed by atoms with van der Waals surface area (Å²) in [7, 11) is 3.23. The van der Waals surface area contributed by atoms with Gasteiger partial charge in [0.15, 0.2) is 0 Å². The lowest BCUT2D eigenvalue weighted by Crippen LogP contribution is -2.17. The first-order chi connectivity index (χ1) is 9.06. The SMILES string of the molecule is COc1cc(OC)c(C2CC(C(=O)O)CN2)cc1C. The molecule has 19 heavy (non-hydrogen) atoms. The number of benzene rings is 1. The molecule has 1 aliphatic heterocycles. The van der Waals surface area contributed by atoms with Crippen LogP contribution in [0, 0.1) is 12.8 Å². The molecule has 0 amide bonds. The number of hydrogen-bond acceptors (Lipinski definition) is 4. The van der Waals surface area contributed by atoms with Crippen LogP contribution in [0.2, 0.25) is 0 Å². The van der Waals surface area contributed by atoms with Crippen molar-refractivity contribution >= 4 is 5.97 Å². The summed E-state index contributed by atoms with van der Waals surface area (Å²) < 4.78 is 10.7. The summed E-state index contributed by atoms with van der Waals surface area (Å²) in [4.78, 5) is 11.0. The van der Waals surface area contributed by atoms with E-state index in [4.69, 9.17) is 14.6 Å². The highest BCUT2D eigenvalue weighted by atomic mass is 16.5. The van der Waals surface area contributed by atoms with E-state index in [2.05, 4.69) is 5.32 Å². The zero-order valence-corrected chi connectivity index (χ0v) is 11.4. The number of carbonyl (C=O) groups is 1. The van der Waals surface area contributed by atoms with Crippen LogP contribution in [0.1, 0.15) is 23.6 Å². The third-order valence-electron chi connectivity index (χ3n) is 3.60. The average Bonchev–Trinajstić information content (AvgIpc) is 2.88. The lowest BCUT2D eigenvalue weighted by atomic mass is 9.97. The second-order valence-corrected chi connectivity index (χ2v) is 4.80. The summed E-state index contributed by atoms with van der Waals surface area (Å²) in [5, 5.41) is 12.3. The smallest absolute Gasteiger partial charge is 0.307 e. The first-order valence-electron chi connectivity index (χ1n) is 6.25. The Balaban J connectivity index is 2.30. The van der Waals surface area contributed by atoms with Crippen molar-refractivity contribution in [1.82, 2.24) is 5.32 Å². The quantitative estimate of drug-likeness (QED) is 0.868. The molecule has 0 bridgehead atoms. The van der Waals surface area contributed by atoms with Gasteiger partial charge in [-0.05, 0) is 25.0 Å². The van der Waals surface area contributed by atoms with Gasteiger partial charge in [0.1, 0.15) is 11.5 Å². The van der Waals surface area contributed by atoms with E-state index in [0.717, 1.165) is 22.6 Å². The van der Waals surface area contributed by atoms with Crippen LogP contribution < -0.4 is 14.8 Å². The molecule has 5 heteroatoms. The monoisotopic (exact) mass is 265 g/mol. The molecule has 1 saturated heterocycles. The predicted octanol–water partition coefficient (Wildman–Crippen LogP) is 1.75. The number of aryl methyl sites for hydroxylation is 1. The summed E-state index contributed by atoms with van der Waals surface area (Å²) in [6, 6.07) is 3.86. The maximum Gasteiger partial charge on any atom is 0.307 e. The lowest BCUT2D eigenvalue weighted by molar-refractivity contribution is -0.141. The maximum atomic E-state index is 11.0. The summed E-state index contributed by atoms with van der Waals surface area (Å²) in [5.41, 5.74) is 2.00. The number of methoxy groups -OCH3 is 2. The molecule has 1 aromatic carbocycles. The van der Waals surface area contributed by atoms with Crippen LogP contribution in [0.3, 0.4) is 0 Å². The van der Waals surface area contributed by atoms with E-state index >= 15 is 0 Å². The van der Waals surface area contributed by atoms with Gasteiger partial charge >= 0.3 is 5.97 Å². The van der Waals surface area contributed by atoms with Gasteiger partial charge in [-0.15, -0.1) is 0 Å². The summed E-state index contributed by atoms with van der Waals surface area (Å²) in [6.45, 7) is 2.46. The van der Waals surface area contributed by atoms with Crippen LogP contribution in [0.15, 0.2) is 12.1 Å². The third kappa shape index (κ3) is 2.66. The standard InChI is InChI=1S/C14H19NO4/c1-8-4-10(13(19-3)6-12(8)18-2)11-5-9(7-15-11)14(16)17/h4,6,9,11,15H,5,7H2,1-3H3,(H,16,17). The van der Waals surface area contributed by atoms with Crippen LogP contribution in [0.25, 0.3) is 0 Å². The van der Waals surface area contributed by atoms with Crippen LogP contribution in [0.5, 0.6) is 11.5 Å². The van der Waals surface area contributed by atoms with E-state index in [9.17, 15) is 4.79 Å². The Labute approximate surface area is 112 Å². The number of carboxylic acid groups (broad SMARTS) is 1. The molecule has 0 radical (unpaired) electrons. The molecule has 1 heterocycles. The van der Waals surface area contributed by atoms with Gasteiger partial charge in [-0.25, -0.2) is 0 Å². The minimum absolute atomic E-state index is 0.0145. The third-order valence-corrected chi connectivity index (χ3v) is 3.60. The van der Waals surface area contributed by atoms with Crippen molar-refractivity contribution in [3.63, 3.8) is 0 Å². The maximum absolute atomic E-state index is 11.0. The van der Waals surface area contributed by atoms with Gasteiger partial charge in [0.25, 0.3) is 0 Å². The second kappa shape index (κ2) is 5.48. The van der Waals surface area contributed by atoms with Gasteiger partial charge in [-0.3, -0.25) is 4.79 Å². The minimum atomic E-state index is -0.751. The van der Waals surface area contributed by atoms with Crippen LogP contribution >= 0.6 is 0 Å².